The van der Waals surface area contributed by atoms with Crippen LogP contribution in [-0.2, 0) is 0 Å². The molecule has 0 aromatic heterocycles. The average molecular weight is 243 g/mol. The van der Waals surface area contributed by atoms with Crippen molar-refractivity contribution in [2.24, 2.45) is 0 Å². The summed E-state index contributed by atoms with van der Waals surface area (Å²) in [5.41, 5.74) is 1.58. The monoisotopic (exact) mass is 242 g/mol. The molecule has 0 fully saturated rings. The fraction of sp³-hybridized carbons (Fsp3) is 0.143. The second-order valence-corrected chi connectivity index (χ2v) is 37.5. The van der Waals surface area contributed by atoms with Crippen LogP contribution in [0, 0.1) is 6.92 Å². The van der Waals surface area contributed by atoms with Crippen LogP contribution in [0.4, 0.5) is 0 Å². The lowest BCUT2D eigenvalue weighted by atomic mass is 10.2. The predicted octanol–water partition coefficient (Wildman–Crippen LogP) is -3.68. The Labute approximate surface area is 86.4 Å². The third-order valence-electron chi connectivity index (χ3n) is 2.31. The fourth-order valence-electron chi connectivity index (χ4n) is 1.46. The van der Waals surface area contributed by atoms with Gasteiger partial charge in [0.15, 0.2) is 0 Å². The van der Waals surface area contributed by atoms with Crippen LogP contribution in [0.25, 0.3) is 0 Å². The van der Waals surface area contributed by atoms with E-state index in [1.54, 1.807) is 20.5 Å². The summed E-state index contributed by atoms with van der Waals surface area (Å²) in [4.78, 5) is 0. The smallest absolute Gasteiger partial charge is 0.0393 e. The number of aryl methyl sites for hydroxylation is 1. The van der Waals surface area contributed by atoms with E-state index in [-0.39, 0.29) is 0 Å². The van der Waals surface area contributed by atoms with Crippen molar-refractivity contribution in [2.75, 3.05) is 0 Å². The average Bonchev–Trinajstić information content (AvgIpc) is 2.09. The first-order chi connectivity index (χ1) is 5.84. The molecule has 1 aromatic carbocycles. The summed E-state index contributed by atoms with van der Waals surface area (Å²) in [6.45, 7) is 2.29. The third kappa shape index (κ3) is 3.36. The van der Waals surface area contributed by atoms with Crippen LogP contribution in [-0.4, -0.2) is 44.5 Å². The molecule has 0 unspecified atom stereocenters. The van der Waals surface area contributed by atoms with Gasteiger partial charge in [-0.15, -0.1) is 0 Å². The fourth-order valence-corrected chi connectivity index (χ4v) is 79.4. The Hall–Kier alpha value is 0.304. The van der Waals surface area contributed by atoms with Crippen LogP contribution >= 0.6 is 0 Å². The number of benzene rings is 1. The number of rotatable bonds is 4. The van der Waals surface area contributed by atoms with Crippen LogP contribution in [0.15, 0.2) is 24.3 Å². The largest absolute Gasteiger partial charge is 0.0676 e. The first-order valence-electron chi connectivity index (χ1n) is 4.89. The van der Waals surface area contributed by atoms with Crippen molar-refractivity contribution in [3.05, 3.63) is 29.8 Å². The molecule has 0 nitrogen and oxygen atoms in total. The Morgan fingerprint density at radius 3 is 2.58 bits per heavy atom. The number of hydrogen-bond donors (Lipinski definition) is 0. The highest BCUT2D eigenvalue weighted by Gasteiger charge is 1.96. The highest BCUT2D eigenvalue weighted by molar-refractivity contribution is 7.52. The minimum absolute atomic E-state index is 0.306. The van der Waals surface area contributed by atoms with Gasteiger partial charge in [0.05, 0.1) is 0 Å². The maximum absolute atomic E-state index is 2.39. The van der Waals surface area contributed by atoms with Crippen molar-refractivity contribution < 1.29 is 0 Å². The second-order valence-electron chi connectivity index (χ2n) is 3.38. The Kier molecular flexibility index (Phi) is 5.08. The first-order valence-corrected chi connectivity index (χ1v) is 23.3. The van der Waals surface area contributed by atoms with Gasteiger partial charge in [-0.25, -0.2) is 0 Å². The molecular weight excluding hydrogens is 225 g/mol. The third-order valence-corrected chi connectivity index (χ3v) is 58.1. The number of hydrogen-bond acceptors (Lipinski definition) is 0. The van der Waals surface area contributed by atoms with E-state index in [0.29, 0.717) is 34.7 Å². The molecule has 0 aliphatic carbocycles. The maximum atomic E-state index is 2.39. The zero-order valence-electron chi connectivity index (χ0n) is 8.14. The molecular formula is C7H18Si5. The van der Waals surface area contributed by atoms with Gasteiger partial charge in [0.1, 0.15) is 0 Å². The van der Waals surface area contributed by atoms with E-state index < -0.39 is 0 Å². The highest BCUT2D eigenvalue weighted by atomic mass is 29.8. The van der Waals surface area contributed by atoms with Gasteiger partial charge in [-0.2, -0.15) is 0 Å². The molecule has 0 aliphatic rings. The van der Waals surface area contributed by atoms with E-state index in [1.165, 1.54) is 0 Å². The quantitative estimate of drug-likeness (QED) is 0.377. The van der Waals surface area contributed by atoms with Crippen molar-refractivity contribution in [1.82, 2.24) is 0 Å². The summed E-state index contributed by atoms with van der Waals surface area (Å²) in [5.74, 6) is 0. The lowest BCUT2D eigenvalue weighted by Crippen LogP contribution is -2.29. The molecule has 5 heteroatoms. The van der Waals surface area contributed by atoms with Gasteiger partial charge < -0.3 is 0 Å². The maximum Gasteiger partial charge on any atom is 0.0393 e. The molecule has 12 heavy (non-hydrogen) atoms. The van der Waals surface area contributed by atoms with Gasteiger partial charge in [0.25, 0.3) is 0 Å². The van der Waals surface area contributed by atoms with E-state index in [0.717, 1.165) is 0 Å². The van der Waals surface area contributed by atoms with Gasteiger partial charge in [0, 0.05) is 9.04 Å². The summed E-state index contributed by atoms with van der Waals surface area (Å²) < 4.78 is 0. The molecule has 0 bridgehead atoms. The van der Waals surface area contributed by atoms with Crippen LogP contribution < -0.4 is 5.19 Å². The topological polar surface area (TPSA) is 0 Å². The molecule has 0 aliphatic heterocycles. The summed E-state index contributed by atoms with van der Waals surface area (Å²) in [7, 11) is 3.82. The lowest BCUT2D eigenvalue weighted by Gasteiger charge is -2.02. The molecule has 0 atom stereocenters. The Bertz CT molecular complexity index is 237. The lowest BCUT2D eigenvalue weighted by molar-refractivity contribution is 1.52. The predicted molar refractivity (Wildman–Crippen MR) is 74.9 cm³/mol. The molecule has 0 saturated heterocycles. The minimum Gasteiger partial charge on any atom is -0.0676 e. The van der Waals surface area contributed by atoms with Crippen molar-refractivity contribution in [2.45, 2.75) is 6.92 Å². The summed E-state index contributed by atoms with van der Waals surface area (Å²) in [6.07, 6.45) is 0. The van der Waals surface area contributed by atoms with E-state index in [1.807, 2.05) is 0 Å². The minimum atomic E-state index is 0.306. The van der Waals surface area contributed by atoms with Crippen molar-refractivity contribution in [1.29, 1.82) is 0 Å². The van der Waals surface area contributed by atoms with Crippen molar-refractivity contribution in [3.63, 3.8) is 0 Å². The van der Waals surface area contributed by atoms with E-state index in [2.05, 4.69) is 31.2 Å². The Balaban J connectivity index is 2.46. The van der Waals surface area contributed by atoms with Gasteiger partial charge in [-0.05, 0) is 42.3 Å². The van der Waals surface area contributed by atoms with E-state index in [4.69, 9.17) is 0 Å². The van der Waals surface area contributed by atoms with Gasteiger partial charge >= 0.3 is 0 Å². The highest BCUT2D eigenvalue weighted by Crippen LogP contribution is 1.90. The molecule has 0 amide bonds. The second kappa shape index (κ2) is 5.87. The normalized spacial score (nSPS) is 14.4. The van der Waals surface area contributed by atoms with Crippen LogP contribution in [0.5, 0.6) is 0 Å². The first kappa shape index (κ1) is 10.4. The Morgan fingerprint density at radius 1 is 1.17 bits per heavy atom. The zero-order valence-corrected chi connectivity index (χ0v) is 15.8. The molecule has 0 spiro atoms. The van der Waals surface area contributed by atoms with Crippen LogP contribution in [0.3, 0.4) is 0 Å². The molecule has 66 valence electrons. The molecule has 1 rings (SSSR count). The molecule has 0 N–H and O–H groups in total. The molecule has 0 saturated carbocycles. The van der Waals surface area contributed by atoms with Crippen molar-refractivity contribution in [3.8, 4) is 0 Å². The van der Waals surface area contributed by atoms with Crippen LogP contribution in [0.1, 0.15) is 5.56 Å². The molecule has 0 radical (unpaired) electrons. The SMILES string of the molecule is Cc1ccccc1[SiH2][SiH2][SiH2][SiH2][SiH3]. The van der Waals surface area contributed by atoms with E-state index in [9.17, 15) is 0 Å². The standard InChI is InChI=1S/C7H18Si5/c1-6-4-2-3-5-7(6)9-11-12-10-8/h2-5H,9-12H2,1,8H3. The zero-order chi connectivity index (χ0) is 8.81. The van der Waals surface area contributed by atoms with Crippen LogP contribution in [0.2, 0.25) is 0 Å². The summed E-state index contributed by atoms with van der Waals surface area (Å²) in [5, 5.41) is 1.79. The summed E-state index contributed by atoms with van der Waals surface area (Å²) >= 11 is 0. The van der Waals surface area contributed by atoms with Gasteiger partial charge in [0.2, 0.25) is 0 Å². The molecule has 1 aromatic rings. The van der Waals surface area contributed by atoms with E-state index >= 15 is 0 Å². The summed E-state index contributed by atoms with van der Waals surface area (Å²) in [6, 6.07) is 9.07. The van der Waals surface area contributed by atoms with Gasteiger partial charge in [-0.1, -0.05) is 35.0 Å². The molecule has 0 heterocycles. The Morgan fingerprint density at radius 2 is 1.92 bits per heavy atom. The van der Waals surface area contributed by atoms with Crippen molar-refractivity contribution >= 4 is 49.6 Å². The van der Waals surface area contributed by atoms with Gasteiger partial charge in [-0.3, -0.25) is 0 Å².